The van der Waals surface area contributed by atoms with Crippen molar-refractivity contribution in [1.82, 2.24) is 10.2 Å². The second kappa shape index (κ2) is 8.08. The topological polar surface area (TPSA) is 58.6 Å². The highest BCUT2D eigenvalue weighted by Gasteiger charge is 2.28. The molecule has 1 saturated heterocycles. The Kier molecular flexibility index (Phi) is 6.72. The first-order valence-electron chi connectivity index (χ1n) is 6.86. The van der Waals surface area contributed by atoms with E-state index in [0.717, 1.165) is 38.8 Å². The van der Waals surface area contributed by atoms with E-state index < -0.39 is 0 Å². The zero-order valence-corrected chi connectivity index (χ0v) is 11.4. The summed E-state index contributed by atoms with van der Waals surface area (Å²) in [6.45, 7) is 5.92. The minimum atomic E-state index is -0.247. The van der Waals surface area contributed by atoms with Gasteiger partial charge in [-0.1, -0.05) is 6.92 Å². The van der Waals surface area contributed by atoms with Crippen molar-refractivity contribution >= 4 is 11.9 Å². The predicted molar refractivity (Wildman–Crippen MR) is 69.1 cm³/mol. The van der Waals surface area contributed by atoms with Crippen LogP contribution in [-0.4, -0.2) is 49.1 Å². The van der Waals surface area contributed by atoms with E-state index in [1.165, 1.54) is 0 Å². The lowest BCUT2D eigenvalue weighted by molar-refractivity contribution is -0.145. The lowest BCUT2D eigenvalue weighted by Gasteiger charge is -2.28. The van der Waals surface area contributed by atoms with E-state index in [-0.39, 0.29) is 24.5 Å². The molecule has 0 aromatic heterocycles. The number of esters is 1. The zero-order valence-electron chi connectivity index (χ0n) is 11.4. The van der Waals surface area contributed by atoms with Crippen LogP contribution in [0.1, 0.15) is 39.5 Å². The van der Waals surface area contributed by atoms with Gasteiger partial charge in [-0.3, -0.25) is 14.5 Å². The number of ether oxygens (including phenoxy) is 1. The Morgan fingerprint density at radius 2 is 2.22 bits per heavy atom. The first kappa shape index (κ1) is 15.0. The third kappa shape index (κ3) is 4.64. The standard InChI is InChI=1S/C13H24N2O3/c1-3-9-15(10-12(16)18-4-2)11-7-5-6-8-14-13(11)17/h11H,3-10H2,1-2H3,(H,14,17). The van der Waals surface area contributed by atoms with Gasteiger partial charge in [0, 0.05) is 6.54 Å². The fourth-order valence-electron chi connectivity index (χ4n) is 2.28. The average molecular weight is 256 g/mol. The van der Waals surface area contributed by atoms with E-state index >= 15 is 0 Å². The van der Waals surface area contributed by atoms with E-state index in [2.05, 4.69) is 5.32 Å². The Balaban J connectivity index is 2.62. The van der Waals surface area contributed by atoms with E-state index in [1.807, 2.05) is 11.8 Å². The summed E-state index contributed by atoms with van der Waals surface area (Å²) in [6, 6.07) is -0.183. The predicted octanol–water partition coefficient (Wildman–Crippen LogP) is 0.930. The van der Waals surface area contributed by atoms with Crippen LogP contribution in [0.15, 0.2) is 0 Å². The molecule has 1 rings (SSSR count). The second-order valence-electron chi connectivity index (χ2n) is 4.58. The van der Waals surface area contributed by atoms with E-state index in [9.17, 15) is 9.59 Å². The maximum atomic E-state index is 12.0. The minimum Gasteiger partial charge on any atom is -0.465 e. The largest absolute Gasteiger partial charge is 0.465 e. The van der Waals surface area contributed by atoms with Crippen molar-refractivity contribution in [2.24, 2.45) is 0 Å². The van der Waals surface area contributed by atoms with Crippen LogP contribution >= 0.6 is 0 Å². The maximum Gasteiger partial charge on any atom is 0.320 e. The molecular formula is C13H24N2O3. The van der Waals surface area contributed by atoms with Crippen molar-refractivity contribution < 1.29 is 14.3 Å². The van der Waals surface area contributed by atoms with Crippen LogP contribution in [0, 0.1) is 0 Å². The van der Waals surface area contributed by atoms with Gasteiger partial charge in [-0.05, 0) is 39.2 Å². The summed E-state index contributed by atoms with van der Waals surface area (Å²) in [6.07, 6.45) is 3.78. The van der Waals surface area contributed by atoms with Gasteiger partial charge in [0.05, 0.1) is 19.2 Å². The molecule has 1 unspecified atom stereocenters. The molecule has 0 aliphatic carbocycles. The molecule has 104 valence electrons. The summed E-state index contributed by atoms with van der Waals surface area (Å²) >= 11 is 0. The SMILES string of the molecule is CCCN(CC(=O)OCC)C1CCCCNC1=O. The van der Waals surface area contributed by atoms with Gasteiger partial charge in [0.1, 0.15) is 0 Å². The van der Waals surface area contributed by atoms with Crippen LogP contribution in [-0.2, 0) is 14.3 Å². The zero-order chi connectivity index (χ0) is 13.4. The van der Waals surface area contributed by atoms with Gasteiger partial charge in [0.2, 0.25) is 5.91 Å². The fourth-order valence-corrected chi connectivity index (χ4v) is 2.28. The average Bonchev–Trinajstić information content (AvgIpc) is 2.54. The molecule has 1 amide bonds. The molecule has 1 N–H and O–H groups in total. The van der Waals surface area contributed by atoms with Crippen molar-refractivity contribution in [3.05, 3.63) is 0 Å². The van der Waals surface area contributed by atoms with Crippen LogP contribution in [0.4, 0.5) is 0 Å². The monoisotopic (exact) mass is 256 g/mol. The first-order valence-corrected chi connectivity index (χ1v) is 6.86. The molecule has 0 aromatic rings. The number of rotatable bonds is 6. The van der Waals surface area contributed by atoms with Gasteiger partial charge in [0.25, 0.3) is 0 Å². The van der Waals surface area contributed by atoms with E-state index in [4.69, 9.17) is 4.74 Å². The van der Waals surface area contributed by atoms with Crippen molar-refractivity contribution in [1.29, 1.82) is 0 Å². The van der Waals surface area contributed by atoms with Gasteiger partial charge in [0.15, 0.2) is 0 Å². The molecule has 18 heavy (non-hydrogen) atoms. The lowest BCUT2D eigenvalue weighted by Crippen LogP contribution is -2.48. The van der Waals surface area contributed by atoms with Gasteiger partial charge < -0.3 is 10.1 Å². The Bertz CT molecular complexity index is 281. The number of carbonyl (C=O) groups is 2. The van der Waals surface area contributed by atoms with Crippen LogP contribution < -0.4 is 5.32 Å². The number of nitrogens with zero attached hydrogens (tertiary/aromatic N) is 1. The summed E-state index contributed by atoms with van der Waals surface area (Å²) < 4.78 is 4.96. The Morgan fingerprint density at radius 3 is 2.89 bits per heavy atom. The summed E-state index contributed by atoms with van der Waals surface area (Å²) in [5.74, 6) is -0.201. The molecule has 1 heterocycles. The lowest BCUT2D eigenvalue weighted by atomic mass is 10.1. The molecule has 0 saturated carbocycles. The smallest absolute Gasteiger partial charge is 0.320 e. The van der Waals surface area contributed by atoms with Gasteiger partial charge >= 0.3 is 5.97 Å². The molecule has 0 bridgehead atoms. The quantitative estimate of drug-likeness (QED) is 0.718. The molecule has 1 atom stereocenters. The fraction of sp³-hybridized carbons (Fsp3) is 0.846. The number of amides is 1. The third-order valence-electron chi connectivity index (χ3n) is 3.10. The number of nitrogens with one attached hydrogen (secondary N) is 1. The summed E-state index contributed by atoms with van der Waals surface area (Å²) in [5.41, 5.74) is 0. The third-order valence-corrected chi connectivity index (χ3v) is 3.10. The maximum absolute atomic E-state index is 12.0. The van der Waals surface area contributed by atoms with Gasteiger partial charge in [-0.25, -0.2) is 0 Å². The number of hydrogen-bond acceptors (Lipinski definition) is 4. The van der Waals surface area contributed by atoms with Crippen molar-refractivity contribution in [3.8, 4) is 0 Å². The van der Waals surface area contributed by atoms with E-state index in [1.54, 1.807) is 6.92 Å². The first-order chi connectivity index (χ1) is 8.69. The number of hydrogen-bond donors (Lipinski definition) is 1. The van der Waals surface area contributed by atoms with Crippen molar-refractivity contribution in [3.63, 3.8) is 0 Å². The number of carbonyl (C=O) groups excluding carboxylic acids is 2. The highest BCUT2D eigenvalue weighted by atomic mass is 16.5. The molecule has 0 spiro atoms. The summed E-state index contributed by atoms with van der Waals surface area (Å²) in [5, 5.41) is 2.91. The second-order valence-corrected chi connectivity index (χ2v) is 4.58. The van der Waals surface area contributed by atoms with E-state index in [0.29, 0.717) is 6.61 Å². The molecule has 0 aromatic carbocycles. The Hall–Kier alpha value is -1.10. The summed E-state index contributed by atoms with van der Waals surface area (Å²) in [4.78, 5) is 25.5. The molecule has 5 heteroatoms. The van der Waals surface area contributed by atoms with Crippen LogP contribution in [0.2, 0.25) is 0 Å². The minimum absolute atomic E-state index is 0.0465. The molecule has 0 radical (unpaired) electrons. The highest BCUT2D eigenvalue weighted by molar-refractivity contribution is 5.82. The van der Waals surface area contributed by atoms with Gasteiger partial charge in [-0.15, -0.1) is 0 Å². The molecular weight excluding hydrogens is 232 g/mol. The summed E-state index contributed by atoms with van der Waals surface area (Å²) in [7, 11) is 0. The van der Waals surface area contributed by atoms with Crippen LogP contribution in [0.5, 0.6) is 0 Å². The van der Waals surface area contributed by atoms with Crippen LogP contribution in [0.3, 0.4) is 0 Å². The molecule has 1 fully saturated rings. The highest BCUT2D eigenvalue weighted by Crippen LogP contribution is 2.13. The normalized spacial score (nSPS) is 20.4. The molecule has 1 aliphatic heterocycles. The Morgan fingerprint density at radius 1 is 1.44 bits per heavy atom. The Labute approximate surface area is 109 Å². The van der Waals surface area contributed by atoms with Crippen molar-refractivity contribution in [2.45, 2.75) is 45.6 Å². The van der Waals surface area contributed by atoms with Gasteiger partial charge in [-0.2, -0.15) is 0 Å². The molecule has 5 nitrogen and oxygen atoms in total. The van der Waals surface area contributed by atoms with Crippen molar-refractivity contribution in [2.75, 3.05) is 26.2 Å². The molecule has 1 aliphatic rings. The van der Waals surface area contributed by atoms with Crippen LogP contribution in [0.25, 0.3) is 0 Å².